The van der Waals surface area contributed by atoms with Gasteiger partial charge in [0.25, 0.3) is 0 Å². The molecule has 0 aliphatic rings. The molecule has 0 radical (unpaired) electrons. The maximum atomic E-state index is 12.6. The largest absolute Gasteiger partial charge is 0.487 e. The summed E-state index contributed by atoms with van der Waals surface area (Å²) in [4.78, 5) is 17.2. The first-order valence-electron chi connectivity index (χ1n) is 10.5. The summed E-state index contributed by atoms with van der Waals surface area (Å²) in [6.45, 7) is 8.43. The average Bonchev–Trinajstić information content (AvgIpc) is 3.13. The fraction of sp³-hybridized carbons (Fsp3) is 0.320. The van der Waals surface area contributed by atoms with E-state index in [1.165, 1.54) is 6.08 Å². The van der Waals surface area contributed by atoms with Crippen molar-refractivity contribution in [1.29, 1.82) is 5.26 Å². The van der Waals surface area contributed by atoms with Gasteiger partial charge in [-0.15, -0.1) is 0 Å². The fourth-order valence-corrected chi connectivity index (χ4v) is 2.94. The number of carbonyl (C=O) groups excluding carboxylic acids is 1. The normalized spacial score (nSPS) is 11.6. The van der Waals surface area contributed by atoms with Crippen LogP contribution in [0.3, 0.4) is 0 Å². The predicted molar refractivity (Wildman–Crippen MR) is 121 cm³/mol. The van der Waals surface area contributed by atoms with Gasteiger partial charge in [0, 0.05) is 6.20 Å². The summed E-state index contributed by atoms with van der Waals surface area (Å²) < 4.78 is 18.9. The minimum absolute atomic E-state index is 0.0421. The molecule has 0 N–H and O–H groups in total. The zero-order valence-electron chi connectivity index (χ0n) is 18.7. The van der Waals surface area contributed by atoms with Gasteiger partial charge < -0.3 is 14.2 Å². The van der Waals surface area contributed by atoms with Crippen molar-refractivity contribution in [1.82, 2.24) is 9.38 Å². The standard InChI is InChI=1S/C25H27N3O4/c1-17(2)15-30-24-21(28-12-8-11-22(23(28)27-24)32-18(3)4)13-20(14-26)25(29)31-16-19-9-6-5-7-10-19/h5-13,17-18H,15-16H2,1-4H3/b20-13-. The van der Waals surface area contributed by atoms with E-state index in [1.807, 2.05) is 76.2 Å². The molecule has 0 unspecified atom stereocenters. The van der Waals surface area contributed by atoms with Crippen LogP contribution in [-0.4, -0.2) is 28.1 Å². The zero-order chi connectivity index (χ0) is 23.1. The number of imidazole rings is 1. The lowest BCUT2D eigenvalue weighted by atomic mass is 10.2. The van der Waals surface area contributed by atoms with E-state index < -0.39 is 5.97 Å². The third-order valence-corrected chi connectivity index (χ3v) is 4.37. The van der Waals surface area contributed by atoms with E-state index >= 15 is 0 Å². The molecule has 7 heteroatoms. The Morgan fingerprint density at radius 3 is 2.56 bits per heavy atom. The monoisotopic (exact) mass is 433 g/mol. The van der Waals surface area contributed by atoms with Crippen molar-refractivity contribution in [3.63, 3.8) is 0 Å². The van der Waals surface area contributed by atoms with Gasteiger partial charge in [0.05, 0.1) is 12.7 Å². The number of nitrogens with zero attached hydrogens (tertiary/aromatic N) is 3. The van der Waals surface area contributed by atoms with Crippen LogP contribution >= 0.6 is 0 Å². The molecular formula is C25H27N3O4. The lowest BCUT2D eigenvalue weighted by Crippen LogP contribution is -2.08. The molecule has 3 aromatic rings. The third kappa shape index (κ3) is 5.67. The van der Waals surface area contributed by atoms with Gasteiger partial charge in [0.15, 0.2) is 11.4 Å². The Bertz CT molecular complexity index is 1140. The third-order valence-electron chi connectivity index (χ3n) is 4.37. The van der Waals surface area contributed by atoms with Crippen LogP contribution in [0.25, 0.3) is 11.7 Å². The van der Waals surface area contributed by atoms with Crippen LogP contribution in [0.15, 0.2) is 54.2 Å². The molecule has 3 rings (SSSR count). The summed E-state index contributed by atoms with van der Waals surface area (Å²) in [6, 6.07) is 14.9. The number of ether oxygens (including phenoxy) is 3. The van der Waals surface area contributed by atoms with Crippen LogP contribution in [-0.2, 0) is 16.1 Å². The van der Waals surface area contributed by atoms with E-state index in [9.17, 15) is 10.1 Å². The quantitative estimate of drug-likeness (QED) is 0.274. The van der Waals surface area contributed by atoms with E-state index in [1.54, 1.807) is 10.6 Å². The highest BCUT2D eigenvalue weighted by atomic mass is 16.5. The molecule has 0 spiro atoms. The highest BCUT2D eigenvalue weighted by molar-refractivity contribution is 5.98. The molecule has 0 aliphatic heterocycles. The molecule has 166 valence electrons. The summed E-state index contributed by atoms with van der Waals surface area (Å²) in [6.07, 6.45) is 3.19. The molecule has 0 fully saturated rings. The van der Waals surface area contributed by atoms with Gasteiger partial charge in [-0.25, -0.2) is 4.79 Å². The predicted octanol–water partition coefficient (Wildman–Crippen LogP) is 4.81. The Labute approximate surface area is 187 Å². The van der Waals surface area contributed by atoms with Crippen LogP contribution in [0, 0.1) is 17.2 Å². The molecule has 0 bridgehead atoms. The molecule has 7 nitrogen and oxygen atoms in total. The highest BCUT2D eigenvalue weighted by Gasteiger charge is 2.20. The number of carbonyl (C=O) groups is 1. The molecular weight excluding hydrogens is 406 g/mol. The van der Waals surface area contributed by atoms with E-state index in [0.717, 1.165) is 5.56 Å². The summed E-state index contributed by atoms with van der Waals surface area (Å²) >= 11 is 0. The summed E-state index contributed by atoms with van der Waals surface area (Å²) in [5.74, 6) is 0.467. The van der Waals surface area contributed by atoms with Crippen LogP contribution in [0.4, 0.5) is 0 Å². The Morgan fingerprint density at radius 1 is 1.16 bits per heavy atom. The number of fused-ring (bicyclic) bond motifs is 1. The van der Waals surface area contributed by atoms with Gasteiger partial charge in [0.2, 0.25) is 5.88 Å². The molecule has 1 aromatic carbocycles. The van der Waals surface area contributed by atoms with Crippen molar-refractivity contribution in [3.05, 3.63) is 65.5 Å². The number of hydrogen-bond acceptors (Lipinski definition) is 6. The first kappa shape index (κ1) is 22.9. The Morgan fingerprint density at radius 2 is 1.91 bits per heavy atom. The lowest BCUT2D eigenvalue weighted by Gasteiger charge is -2.10. The topological polar surface area (TPSA) is 85.9 Å². The van der Waals surface area contributed by atoms with Gasteiger partial charge in [-0.05, 0) is 43.5 Å². The number of aromatic nitrogens is 2. The zero-order valence-corrected chi connectivity index (χ0v) is 18.7. The molecule has 0 amide bonds. The van der Waals surface area contributed by atoms with Crippen molar-refractivity contribution in [3.8, 4) is 17.7 Å². The van der Waals surface area contributed by atoms with Crippen molar-refractivity contribution in [2.45, 2.75) is 40.4 Å². The highest BCUT2D eigenvalue weighted by Crippen LogP contribution is 2.29. The molecule has 0 atom stereocenters. The molecule has 2 aromatic heterocycles. The van der Waals surface area contributed by atoms with Crippen molar-refractivity contribution in [2.75, 3.05) is 6.61 Å². The van der Waals surface area contributed by atoms with E-state index in [2.05, 4.69) is 4.98 Å². The molecule has 32 heavy (non-hydrogen) atoms. The van der Waals surface area contributed by atoms with Gasteiger partial charge in [-0.1, -0.05) is 44.2 Å². The minimum atomic E-state index is -0.712. The maximum Gasteiger partial charge on any atom is 0.349 e. The molecule has 0 saturated carbocycles. The van der Waals surface area contributed by atoms with Crippen molar-refractivity contribution in [2.24, 2.45) is 5.92 Å². The molecule has 0 saturated heterocycles. The van der Waals surface area contributed by atoms with Crippen LogP contribution in [0.2, 0.25) is 0 Å². The second kappa shape index (κ2) is 10.5. The Kier molecular flexibility index (Phi) is 7.50. The van der Waals surface area contributed by atoms with Crippen LogP contribution in [0.5, 0.6) is 11.6 Å². The van der Waals surface area contributed by atoms with E-state index in [4.69, 9.17) is 14.2 Å². The summed E-state index contributed by atoms with van der Waals surface area (Å²) in [5, 5.41) is 9.63. The van der Waals surface area contributed by atoms with Gasteiger partial charge in [0.1, 0.15) is 23.9 Å². The Balaban J connectivity index is 1.97. The number of hydrogen-bond donors (Lipinski definition) is 0. The fourth-order valence-electron chi connectivity index (χ4n) is 2.94. The van der Waals surface area contributed by atoms with Gasteiger partial charge >= 0.3 is 5.97 Å². The van der Waals surface area contributed by atoms with Gasteiger partial charge in [-0.2, -0.15) is 10.2 Å². The van der Waals surface area contributed by atoms with Crippen molar-refractivity contribution < 1.29 is 19.0 Å². The average molecular weight is 434 g/mol. The van der Waals surface area contributed by atoms with E-state index in [-0.39, 0.29) is 24.2 Å². The second-order valence-electron chi connectivity index (χ2n) is 7.97. The lowest BCUT2D eigenvalue weighted by molar-refractivity contribution is -0.139. The minimum Gasteiger partial charge on any atom is -0.487 e. The first-order chi connectivity index (χ1) is 15.4. The number of nitriles is 1. The van der Waals surface area contributed by atoms with E-state index in [0.29, 0.717) is 29.6 Å². The number of pyridine rings is 1. The SMILES string of the molecule is CC(C)COc1nc2c(OC(C)C)cccn2c1/C=C(/C#N)C(=O)OCc1ccccc1. The second-order valence-corrected chi connectivity index (χ2v) is 7.97. The summed E-state index contributed by atoms with van der Waals surface area (Å²) in [7, 11) is 0. The number of rotatable bonds is 9. The maximum absolute atomic E-state index is 12.6. The first-order valence-corrected chi connectivity index (χ1v) is 10.5. The molecule has 2 heterocycles. The van der Waals surface area contributed by atoms with Gasteiger partial charge in [-0.3, -0.25) is 4.40 Å². The molecule has 0 aliphatic carbocycles. The van der Waals surface area contributed by atoms with Crippen molar-refractivity contribution >= 4 is 17.7 Å². The smallest absolute Gasteiger partial charge is 0.349 e. The number of esters is 1. The Hall–Kier alpha value is -3.79. The number of benzene rings is 1. The van der Waals surface area contributed by atoms with Crippen LogP contribution < -0.4 is 9.47 Å². The summed E-state index contributed by atoms with van der Waals surface area (Å²) in [5.41, 5.74) is 1.71. The van der Waals surface area contributed by atoms with Crippen LogP contribution in [0.1, 0.15) is 39.0 Å².